The van der Waals surface area contributed by atoms with Crippen molar-refractivity contribution in [3.63, 3.8) is 0 Å². The number of nitriles is 1. The van der Waals surface area contributed by atoms with Crippen molar-refractivity contribution in [3.8, 4) is 17.9 Å². The van der Waals surface area contributed by atoms with E-state index >= 15 is 0 Å². The quantitative estimate of drug-likeness (QED) is 0.106. The van der Waals surface area contributed by atoms with E-state index in [2.05, 4.69) is 41.8 Å². The Bertz CT molecular complexity index is 1180. The van der Waals surface area contributed by atoms with Gasteiger partial charge in [0, 0.05) is 28.8 Å². The maximum absolute atomic E-state index is 14.5. The van der Waals surface area contributed by atoms with Gasteiger partial charge in [-0.2, -0.15) is 9.57 Å². The summed E-state index contributed by atoms with van der Waals surface area (Å²) >= 11 is 0. The number of carbonyl (C=O) groups excluding carboxylic acids is 1. The number of hydrogen-bond donors (Lipinski definition) is 0. The number of carbonyl (C=O) groups is 1. The Morgan fingerprint density at radius 3 is 2.20 bits per heavy atom. The molecule has 40 heavy (non-hydrogen) atoms. The summed E-state index contributed by atoms with van der Waals surface area (Å²) in [6.07, 6.45) is 11.9. The van der Waals surface area contributed by atoms with Crippen LogP contribution in [0.4, 0.5) is 0 Å². The Balaban J connectivity index is 1.60. The number of ether oxygens (including phenoxy) is 1. The van der Waals surface area contributed by atoms with E-state index in [4.69, 9.17) is 10.3 Å². The standard InChI is InChI=1S/C30H45N5O4S/c1-28(2)23-16-18-30(28,26(20-23)39-27(36)29(3,21-31)17-10-11-19-33-34-32)22-40(37,38)35(24-12-6-4-7-13-24)25-14-8-5-9-15-25/h23-26H,4-9,12-20,22H2,1-3H3/t23-,26-,29-,30-/m1/s1. The van der Waals surface area contributed by atoms with E-state index in [1.807, 2.05) is 4.31 Å². The second-order valence-electron chi connectivity index (χ2n) is 13.3. The molecule has 0 aromatic rings. The van der Waals surface area contributed by atoms with E-state index in [9.17, 15) is 18.5 Å². The highest BCUT2D eigenvalue weighted by molar-refractivity contribution is 7.89. The summed E-state index contributed by atoms with van der Waals surface area (Å²) in [4.78, 5) is 16.1. The Hall–Kier alpha value is -2.26. The molecule has 9 nitrogen and oxygen atoms in total. The van der Waals surface area contributed by atoms with Crippen LogP contribution >= 0.6 is 0 Å². The molecule has 0 aliphatic heterocycles. The van der Waals surface area contributed by atoms with Crippen LogP contribution in [-0.2, 0) is 19.6 Å². The smallest absolute Gasteiger partial charge is 0.327 e. The lowest BCUT2D eigenvalue weighted by atomic mass is 9.69. The number of sulfonamides is 1. The zero-order chi connectivity index (χ0) is 29.0. The van der Waals surface area contributed by atoms with Crippen LogP contribution in [-0.4, -0.2) is 49.2 Å². The van der Waals surface area contributed by atoms with Gasteiger partial charge in [-0.25, -0.2) is 8.42 Å². The van der Waals surface area contributed by atoms with Crippen molar-refractivity contribution < 1.29 is 17.9 Å². The first-order valence-electron chi connectivity index (χ1n) is 15.1. The highest BCUT2D eigenvalue weighted by atomic mass is 32.2. The normalized spacial score (nSPS) is 30.0. The molecule has 4 aliphatic rings. The SMILES string of the molecule is CC1(C)[C@@H]2CC[C@@]1(CS(=O)(=O)N(C1CCCCC1)C1CCCCC1)[C@H](OC(=O)[C@@](C)(C#N)CC#CCN=[N+]=[N-])C2. The maximum Gasteiger partial charge on any atom is 0.327 e. The summed E-state index contributed by atoms with van der Waals surface area (Å²) in [6.45, 7) is 5.76. The van der Waals surface area contributed by atoms with E-state index in [0.717, 1.165) is 57.8 Å². The first-order chi connectivity index (χ1) is 19.0. The fourth-order valence-corrected chi connectivity index (χ4v) is 10.9. The highest BCUT2D eigenvalue weighted by Gasteiger charge is 2.67. The van der Waals surface area contributed by atoms with Gasteiger partial charge in [-0.15, -0.1) is 5.92 Å². The molecule has 4 atom stereocenters. The Morgan fingerprint density at radius 2 is 1.68 bits per heavy atom. The first-order valence-corrected chi connectivity index (χ1v) is 16.7. The molecule has 0 unspecified atom stereocenters. The van der Waals surface area contributed by atoms with Gasteiger partial charge in [0.25, 0.3) is 0 Å². The molecule has 0 spiro atoms. The molecule has 2 bridgehead atoms. The molecule has 4 aliphatic carbocycles. The van der Waals surface area contributed by atoms with Crippen LogP contribution in [0.1, 0.15) is 111 Å². The third kappa shape index (κ3) is 5.87. The van der Waals surface area contributed by atoms with Gasteiger partial charge in [-0.3, -0.25) is 4.79 Å². The summed E-state index contributed by atoms with van der Waals surface area (Å²) in [7, 11) is -3.64. The van der Waals surface area contributed by atoms with Gasteiger partial charge in [0.15, 0.2) is 5.41 Å². The van der Waals surface area contributed by atoms with Gasteiger partial charge in [-0.1, -0.05) is 63.4 Å². The molecular formula is C30H45N5O4S. The molecule has 4 rings (SSSR count). The molecule has 0 radical (unpaired) electrons. The Labute approximate surface area is 240 Å². The summed E-state index contributed by atoms with van der Waals surface area (Å²) < 4.78 is 37.2. The fourth-order valence-electron chi connectivity index (χ4n) is 8.11. The van der Waals surface area contributed by atoms with Crippen molar-refractivity contribution in [3.05, 3.63) is 10.4 Å². The largest absolute Gasteiger partial charge is 0.461 e. The van der Waals surface area contributed by atoms with Crippen LogP contribution in [0.25, 0.3) is 10.4 Å². The first kappa shape index (κ1) is 30.7. The molecule has 4 saturated carbocycles. The zero-order valence-electron chi connectivity index (χ0n) is 24.4. The minimum atomic E-state index is -3.64. The van der Waals surface area contributed by atoms with Gasteiger partial charge in [0.1, 0.15) is 6.10 Å². The minimum absolute atomic E-state index is 0.0102. The van der Waals surface area contributed by atoms with Crippen molar-refractivity contribution in [1.29, 1.82) is 5.26 Å². The number of azide groups is 1. The molecule has 0 N–H and O–H groups in total. The number of nitrogens with zero attached hydrogens (tertiary/aromatic N) is 5. The van der Waals surface area contributed by atoms with E-state index in [-0.39, 0.29) is 42.1 Å². The minimum Gasteiger partial charge on any atom is -0.461 e. The Morgan fingerprint density at radius 1 is 1.07 bits per heavy atom. The second kappa shape index (κ2) is 12.3. The van der Waals surface area contributed by atoms with Crippen molar-refractivity contribution in [2.24, 2.45) is 27.3 Å². The highest BCUT2D eigenvalue weighted by Crippen LogP contribution is 2.67. The molecule has 0 amide bonds. The predicted molar refractivity (Wildman–Crippen MR) is 153 cm³/mol. The molecule has 0 heterocycles. The molecule has 10 heteroatoms. The topological polar surface area (TPSA) is 136 Å². The number of fused-ring (bicyclic) bond motifs is 2. The average Bonchev–Trinajstić information content (AvgIpc) is 3.28. The second-order valence-corrected chi connectivity index (χ2v) is 15.2. The number of hydrogen-bond acceptors (Lipinski definition) is 6. The summed E-state index contributed by atoms with van der Waals surface area (Å²) in [5.41, 5.74) is 5.92. The van der Waals surface area contributed by atoms with Crippen molar-refractivity contribution in [1.82, 2.24) is 4.31 Å². The monoisotopic (exact) mass is 571 g/mol. The molecule has 220 valence electrons. The average molecular weight is 572 g/mol. The van der Waals surface area contributed by atoms with Crippen LogP contribution in [0.5, 0.6) is 0 Å². The van der Waals surface area contributed by atoms with Gasteiger partial charge >= 0.3 is 5.97 Å². The van der Waals surface area contributed by atoms with Crippen molar-refractivity contribution in [2.75, 3.05) is 12.3 Å². The molecule has 0 saturated heterocycles. The number of rotatable bonds is 9. The number of esters is 1. The van der Waals surface area contributed by atoms with E-state index in [1.165, 1.54) is 19.8 Å². The summed E-state index contributed by atoms with van der Waals surface area (Å²) in [6, 6.07) is 2.19. The third-order valence-corrected chi connectivity index (χ3v) is 12.8. The van der Waals surface area contributed by atoms with E-state index in [1.54, 1.807) is 0 Å². The summed E-state index contributed by atoms with van der Waals surface area (Å²) in [5.74, 6) is 5.02. The van der Waals surface area contributed by atoms with Gasteiger partial charge in [-0.05, 0) is 68.7 Å². The molecular weight excluding hydrogens is 526 g/mol. The summed E-state index contributed by atoms with van der Waals surface area (Å²) in [5, 5.41) is 13.2. The van der Waals surface area contributed by atoms with Crippen LogP contribution in [0.2, 0.25) is 0 Å². The zero-order valence-corrected chi connectivity index (χ0v) is 25.2. The van der Waals surface area contributed by atoms with Crippen LogP contribution in [0, 0.1) is 45.3 Å². The lowest BCUT2D eigenvalue weighted by molar-refractivity contribution is -0.164. The van der Waals surface area contributed by atoms with Crippen LogP contribution < -0.4 is 0 Å². The fraction of sp³-hybridized carbons (Fsp3) is 0.867. The molecule has 0 aromatic carbocycles. The predicted octanol–water partition coefficient (Wildman–Crippen LogP) is 6.26. The van der Waals surface area contributed by atoms with Gasteiger partial charge < -0.3 is 4.74 Å². The van der Waals surface area contributed by atoms with Crippen LogP contribution in [0.3, 0.4) is 0 Å². The van der Waals surface area contributed by atoms with E-state index < -0.39 is 32.9 Å². The van der Waals surface area contributed by atoms with Crippen molar-refractivity contribution >= 4 is 16.0 Å². The lowest BCUT2D eigenvalue weighted by Gasteiger charge is -2.46. The van der Waals surface area contributed by atoms with Crippen molar-refractivity contribution in [2.45, 2.75) is 129 Å². The molecule has 0 aromatic heterocycles. The Kier molecular flexibility index (Phi) is 9.45. The maximum atomic E-state index is 14.5. The molecule has 4 fully saturated rings. The van der Waals surface area contributed by atoms with E-state index in [0.29, 0.717) is 12.8 Å². The van der Waals surface area contributed by atoms with Gasteiger partial charge in [0.05, 0.1) is 18.4 Å². The third-order valence-electron chi connectivity index (χ3n) is 10.7. The lowest BCUT2D eigenvalue weighted by Crippen LogP contribution is -2.55. The van der Waals surface area contributed by atoms with Crippen LogP contribution in [0.15, 0.2) is 5.11 Å². The van der Waals surface area contributed by atoms with Gasteiger partial charge in [0.2, 0.25) is 10.0 Å².